The average molecular weight is 394 g/mol. The van der Waals surface area contributed by atoms with Crippen LogP contribution in [0.4, 0.5) is 0 Å². The summed E-state index contributed by atoms with van der Waals surface area (Å²) in [6.07, 6.45) is -2.98. The Balaban J connectivity index is 2.13. The second-order valence-corrected chi connectivity index (χ2v) is 6.33. The molecule has 8 heteroatoms. The fraction of sp³-hybridized carbons (Fsp3) is 0.550. The van der Waals surface area contributed by atoms with Crippen molar-refractivity contribution < 1.29 is 38.1 Å². The molecule has 0 aromatic heterocycles. The zero-order valence-corrected chi connectivity index (χ0v) is 16.3. The predicted molar refractivity (Wildman–Crippen MR) is 96.9 cm³/mol. The summed E-state index contributed by atoms with van der Waals surface area (Å²) in [6.45, 7) is 4.74. The summed E-state index contributed by atoms with van der Waals surface area (Å²) < 4.78 is 27.2. The van der Waals surface area contributed by atoms with Crippen molar-refractivity contribution >= 4 is 17.9 Å². The predicted octanol–water partition coefficient (Wildman–Crippen LogP) is 2.13. The van der Waals surface area contributed by atoms with Gasteiger partial charge in [0, 0.05) is 20.3 Å². The number of ether oxygens (including phenoxy) is 5. The van der Waals surface area contributed by atoms with Gasteiger partial charge in [-0.3, -0.25) is 14.4 Å². The van der Waals surface area contributed by atoms with Crippen LogP contribution in [0.1, 0.15) is 39.2 Å². The zero-order chi connectivity index (χ0) is 20.5. The van der Waals surface area contributed by atoms with Crippen molar-refractivity contribution in [3.63, 3.8) is 0 Å². The minimum absolute atomic E-state index is 0.100. The molecule has 1 saturated heterocycles. The van der Waals surface area contributed by atoms with Gasteiger partial charge in [-0.25, -0.2) is 0 Å². The van der Waals surface area contributed by atoms with Gasteiger partial charge in [-0.2, -0.15) is 0 Å². The zero-order valence-electron chi connectivity index (χ0n) is 16.3. The molecule has 0 aliphatic carbocycles. The van der Waals surface area contributed by atoms with Crippen LogP contribution < -0.4 is 0 Å². The Bertz CT molecular complexity index is 659. The number of hydrogen-bond donors (Lipinski definition) is 0. The first-order chi connectivity index (χ1) is 13.4. The maximum Gasteiger partial charge on any atom is 0.305 e. The van der Waals surface area contributed by atoms with E-state index < -0.39 is 36.5 Å². The Kier molecular flexibility index (Phi) is 8.41. The van der Waals surface area contributed by atoms with Crippen molar-refractivity contribution in [2.24, 2.45) is 0 Å². The molecule has 0 radical (unpaired) electrons. The molecule has 8 nitrogen and oxygen atoms in total. The van der Waals surface area contributed by atoms with Gasteiger partial charge in [-0.1, -0.05) is 30.3 Å². The molecular weight excluding hydrogens is 368 g/mol. The third kappa shape index (κ3) is 6.61. The van der Waals surface area contributed by atoms with Gasteiger partial charge in [-0.05, 0) is 18.9 Å². The van der Waals surface area contributed by atoms with Gasteiger partial charge in [0.1, 0.15) is 6.10 Å². The molecule has 1 aliphatic rings. The van der Waals surface area contributed by atoms with E-state index in [9.17, 15) is 14.4 Å². The van der Waals surface area contributed by atoms with E-state index in [0.29, 0.717) is 0 Å². The van der Waals surface area contributed by atoms with Crippen LogP contribution in [0, 0.1) is 0 Å². The third-order valence-corrected chi connectivity index (χ3v) is 4.08. The van der Waals surface area contributed by atoms with E-state index in [1.807, 2.05) is 30.3 Å². The van der Waals surface area contributed by atoms with Crippen LogP contribution in [0.2, 0.25) is 0 Å². The van der Waals surface area contributed by atoms with Crippen LogP contribution in [0.25, 0.3) is 0 Å². The lowest BCUT2D eigenvalue weighted by Crippen LogP contribution is -2.40. The molecule has 1 heterocycles. The molecule has 4 atom stereocenters. The molecule has 1 fully saturated rings. The van der Waals surface area contributed by atoms with E-state index in [0.717, 1.165) is 5.56 Å². The highest BCUT2D eigenvalue weighted by Crippen LogP contribution is 2.31. The Morgan fingerprint density at radius 2 is 1.68 bits per heavy atom. The SMILES string of the molecule is CCOC(=O)CC[C@H]1OC(OC(C)=O)[C@H](OC(C)=O)[C@@H]1OCc1ccccc1. The van der Waals surface area contributed by atoms with Gasteiger partial charge in [0.15, 0.2) is 6.10 Å². The van der Waals surface area contributed by atoms with Crippen LogP contribution in [-0.4, -0.2) is 49.1 Å². The normalized spacial score (nSPS) is 23.8. The minimum atomic E-state index is -1.10. The molecule has 0 saturated carbocycles. The average Bonchev–Trinajstić information content (AvgIpc) is 2.94. The van der Waals surface area contributed by atoms with Crippen molar-refractivity contribution in [1.82, 2.24) is 0 Å². The molecule has 0 N–H and O–H groups in total. The summed E-state index contributed by atoms with van der Waals surface area (Å²) in [6, 6.07) is 9.45. The molecule has 0 amide bonds. The third-order valence-electron chi connectivity index (χ3n) is 4.08. The Morgan fingerprint density at radius 1 is 1.00 bits per heavy atom. The Hall–Kier alpha value is -2.45. The highest BCUT2D eigenvalue weighted by atomic mass is 16.7. The standard InChI is InChI=1S/C20H26O8/c1-4-24-17(23)11-10-16-18(25-12-15-8-6-5-7-9-15)19(26-13(2)21)20(28-16)27-14(3)22/h5-9,16,18-20H,4,10-12H2,1-3H3/t16-,18-,19-,20?/m1/s1. The van der Waals surface area contributed by atoms with Gasteiger partial charge in [0.2, 0.25) is 6.29 Å². The molecule has 1 aromatic carbocycles. The van der Waals surface area contributed by atoms with Crippen LogP contribution in [-0.2, 0) is 44.7 Å². The smallest absolute Gasteiger partial charge is 0.305 e. The van der Waals surface area contributed by atoms with Crippen molar-refractivity contribution in [2.45, 2.75) is 64.8 Å². The van der Waals surface area contributed by atoms with Gasteiger partial charge in [0.05, 0.1) is 19.3 Å². The monoisotopic (exact) mass is 394 g/mol. The highest BCUT2D eigenvalue weighted by Gasteiger charge is 2.49. The number of carbonyl (C=O) groups excluding carboxylic acids is 3. The number of benzene rings is 1. The van der Waals surface area contributed by atoms with Crippen molar-refractivity contribution in [2.75, 3.05) is 6.61 Å². The summed E-state index contributed by atoms with van der Waals surface area (Å²) in [4.78, 5) is 34.7. The van der Waals surface area contributed by atoms with Gasteiger partial charge in [0.25, 0.3) is 0 Å². The largest absolute Gasteiger partial charge is 0.466 e. The lowest BCUT2D eigenvalue weighted by Gasteiger charge is -2.23. The maximum atomic E-state index is 11.7. The maximum absolute atomic E-state index is 11.7. The minimum Gasteiger partial charge on any atom is -0.466 e. The van der Waals surface area contributed by atoms with Gasteiger partial charge < -0.3 is 23.7 Å². The number of esters is 3. The molecule has 1 unspecified atom stereocenters. The second kappa shape index (κ2) is 10.8. The Morgan fingerprint density at radius 3 is 2.29 bits per heavy atom. The summed E-state index contributed by atoms with van der Waals surface area (Å²) in [5.41, 5.74) is 0.921. The molecule has 1 aromatic rings. The van der Waals surface area contributed by atoms with Crippen LogP contribution >= 0.6 is 0 Å². The molecule has 0 bridgehead atoms. The van der Waals surface area contributed by atoms with Gasteiger partial charge >= 0.3 is 17.9 Å². The summed E-state index contributed by atoms with van der Waals surface area (Å²) >= 11 is 0. The molecule has 0 spiro atoms. The molecule has 154 valence electrons. The van der Waals surface area contributed by atoms with E-state index in [1.165, 1.54) is 13.8 Å². The van der Waals surface area contributed by atoms with Crippen LogP contribution in [0.3, 0.4) is 0 Å². The lowest BCUT2D eigenvalue weighted by atomic mass is 10.1. The van der Waals surface area contributed by atoms with Crippen LogP contribution in [0.15, 0.2) is 30.3 Å². The molecular formula is C20H26O8. The van der Waals surface area contributed by atoms with E-state index in [1.54, 1.807) is 6.92 Å². The second-order valence-electron chi connectivity index (χ2n) is 6.33. The molecule has 28 heavy (non-hydrogen) atoms. The highest BCUT2D eigenvalue weighted by molar-refractivity contribution is 5.69. The van der Waals surface area contributed by atoms with E-state index >= 15 is 0 Å². The van der Waals surface area contributed by atoms with E-state index in [4.69, 9.17) is 23.7 Å². The first kappa shape index (κ1) is 21.8. The number of carbonyl (C=O) groups is 3. The van der Waals surface area contributed by atoms with Gasteiger partial charge in [-0.15, -0.1) is 0 Å². The first-order valence-electron chi connectivity index (χ1n) is 9.21. The van der Waals surface area contributed by atoms with Crippen molar-refractivity contribution in [3.05, 3.63) is 35.9 Å². The van der Waals surface area contributed by atoms with Crippen LogP contribution in [0.5, 0.6) is 0 Å². The van der Waals surface area contributed by atoms with Crippen molar-refractivity contribution in [1.29, 1.82) is 0 Å². The molecule has 1 aliphatic heterocycles. The van der Waals surface area contributed by atoms with Crippen molar-refractivity contribution in [3.8, 4) is 0 Å². The first-order valence-corrected chi connectivity index (χ1v) is 9.21. The fourth-order valence-corrected chi connectivity index (χ4v) is 2.96. The number of rotatable bonds is 9. The lowest BCUT2D eigenvalue weighted by molar-refractivity contribution is -0.195. The molecule has 2 rings (SSSR count). The summed E-state index contributed by atoms with van der Waals surface area (Å²) in [7, 11) is 0. The summed E-state index contributed by atoms with van der Waals surface area (Å²) in [5.74, 6) is -1.49. The van der Waals surface area contributed by atoms with E-state index in [2.05, 4.69) is 0 Å². The topological polar surface area (TPSA) is 97.4 Å². The quantitative estimate of drug-likeness (QED) is 0.464. The Labute approximate surface area is 164 Å². The fourth-order valence-electron chi connectivity index (χ4n) is 2.96. The summed E-state index contributed by atoms with van der Waals surface area (Å²) in [5, 5.41) is 0. The number of hydrogen-bond acceptors (Lipinski definition) is 8. The van der Waals surface area contributed by atoms with E-state index in [-0.39, 0.29) is 32.0 Å².